The van der Waals surface area contributed by atoms with Crippen molar-refractivity contribution in [3.63, 3.8) is 0 Å². The number of amides is 1. The lowest BCUT2D eigenvalue weighted by Gasteiger charge is -2.22. The van der Waals surface area contributed by atoms with E-state index in [4.69, 9.17) is 5.11 Å². The van der Waals surface area contributed by atoms with Gasteiger partial charge in [-0.15, -0.1) is 0 Å². The highest BCUT2D eigenvalue weighted by Crippen LogP contribution is 2.18. The summed E-state index contributed by atoms with van der Waals surface area (Å²) in [5.41, 5.74) is 1.45. The number of rotatable bonds is 6. The molecule has 5 heteroatoms. The van der Waals surface area contributed by atoms with Crippen molar-refractivity contribution in [2.45, 2.75) is 32.1 Å². The lowest BCUT2D eigenvalue weighted by atomic mass is 9.93. The summed E-state index contributed by atoms with van der Waals surface area (Å²) in [6.07, 6.45) is 3.78. The van der Waals surface area contributed by atoms with E-state index in [1.807, 2.05) is 0 Å². The zero-order valence-electron chi connectivity index (χ0n) is 12.1. The molecule has 0 bridgehead atoms. The van der Waals surface area contributed by atoms with E-state index in [0.29, 0.717) is 12.3 Å². The zero-order chi connectivity index (χ0) is 15.1. The minimum atomic E-state index is -0.853. The van der Waals surface area contributed by atoms with Gasteiger partial charge in [0, 0.05) is 12.1 Å². The molecule has 114 valence electrons. The maximum atomic E-state index is 11.9. The Morgan fingerprint density at radius 1 is 1.19 bits per heavy atom. The quantitative estimate of drug-likeness (QED) is 0.749. The van der Waals surface area contributed by atoms with Crippen molar-refractivity contribution in [2.24, 2.45) is 5.92 Å². The first-order valence-electron chi connectivity index (χ1n) is 7.45. The number of piperidine rings is 1. The number of hydrogen-bond donors (Lipinski definition) is 3. The molecule has 0 aliphatic carbocycles. The van der Waals surface area contributed by atoms with Gasteiger partial charge in [0.05, 0.1) is 6.42 Å². The minimum Gasteiger partial charge on any atom is -0.481 e. The molecule has 1 aliphatic heterocycles. The number of aliphatic carboxylic acids is 1. The predicted octanol–water partition coefficient (Wildman–Crippen LogP) is 2.03. The molecule has 0 radical (unpaired) electrons. The van der Waals surface area contributed by atoms with Crippen LogP contribution in [-0.4, -0.2) is 30.1 Å². The topological polar surface area (TPSA) is 78.4 Å². The second kappa shape index (κ2) is 7.78. The van der Waals surface area contributed by atoms with Crippen LogP contribution in [0.15, 0.2) is 24.3 Å². The van der Waals surface area contributed by atoms with Crippen LogP contribution in [0.4, 0.5) is 5.69 Å². The molecule has 0 atom stereocenters. The highest BCUT2D eigenvalue weighted by Gasteiger charge is 2.14. The third-order valence-electron chi connectivity index (χ3n) is 3.83. The third kappa shape index (κ3) is 5.55. The Balaban J connectivity index is 1.75. The van der Waals surface area contributed by atoms with Crippen LogP contribution in [0.3, 0.4) is 0 Å². The first-order valence-corrected chi connectivity index (χ1v) is 7.45. The van der Waals surface area contributed by atoms with Crippen LogP contribution in [-0.2, 0) is 16.0 Å². The fourth-order valence-electron chi connectivity index (χ4n) is 2.61. The second-order valence-electron chi connectivity index (χ2n) is 5.55. The number of anilines is 1. The average Bonchev–Trinajstić information content (AvgIpc) is 2.48. The van der Waals surface area contributed by atoms with Gasteiger partial charge in [0.15, 0.2) is 0 Å². The molecule has 21 heavy (non-hydrogen) atoms. The fourth-order valence-corrected chi connectivity index (χ4v) is 2.61. The molecule has 0 unspecified atom stereocenters. The summed E-state index contributed by atoms with van der Waals surface area (Å²) in [4.78, 5) is 22.5. The van der Waals surface area contributed by atoms with Gasteiger partial charge in [-0.3, -0.25) is 9.59 Å². The Bertz CT molecular complexity index is 479. The second-order valence-corrected chi connectivity index (χ2v) is 5.55. The number of carboxylic acids is 1. The van der Waals surface area contributed by atoms with Crippen molar-refractivity contribution >= 4 is 17.6 Å². The lowest BCUT2D eigenvalue weighted by molar-refractivity contribution is -0.136. The van der Waals surface area contributed by atoms with E-state index in [-0.39, 0.29) is 12.3 Å². The third-order valence-corrected chi connectivity index (χ3v) is 3.83. The maximum Gasteiger partial charge on any atom is 0.307 e. The van der Waals surface area contributed by atoms with Gasteiger partial charge in [-0.25, -0.2) is 0 Å². The van der Waals surface area contributed by atoms with Gasteiger partial charge in [-0.05, 0) is 56.0 Å². The normalized spacial score (nSPS) is 15.6. The molecule has 0 aromatic heterocycles. The van der Waals surface area contributed by atoms with Gasteiger partial charge in [-0.1, -0.05) is 12.1 Å². The first kappa shape index (κ1) is 15.5. The summed E-state index contributed by atoms with van der Waals surface area (Å²) >= 11 is 0. The van der Waals surface area contributed by atoms with E-state index < -0.39 is 5.97 Å². The van der Waals surface area contributed by atoms with Crippen molar-refractivity contribution < 1.29 is 14.7 Å². The number of benzene rings is 1. The summed E-state index contributed by atoms with van der Waals surface area (Å²) in [5, 5.41) is 14.9. The molecule has 3 N–H and O–H groups in total. The van der Waals surface area contributed by atoms with Gasteiger partial charge < -0.3 is 15.7 Å². The Morgan fingerprint density at radius 2 is 1.86 bits per heavy atom. The van der Waals surface area contributed by atoms with Gasteiger partial charge in [0.1, 0.15) is 0 Å². The summed E-state index contributed by atoms with van der Waals surface area (Å²) < 4.78 is 0. The van der Waals surface area contributed by atoms with Crippen molar-refractivity contribution in [2.75, 3.05) is 18.4 Å². The van der Waals surface area contributed by atoms with Crippen LogP contribution in [0, 0.1) is 5.92 Å². The maximum absolute atomic E-state index is 11.9. The number of carboxylic acid groups (broad SMARTS) is 1. The first-order chi connectivity index (χ1) is 10.1. The van der Waals surface area contributed by atoms with Crippen LogP contribution >= 0.6 is 0 Å². The standard InChI is InChI=1S/C16H22N2O3/c19-15(6-3-12-7-9-17-10-8-12)18-14-4-1-13(2-5-14)11-16(20)21/h1-2,4-5,12,17H,3,6-11H2,(H,18,19)(H,20,21). The van der Waals surface area contributed by atoms with Crippen molar-refractivity contribution in [3.8, 4) is 0 Å². The largest absolute Gasteiger partial charge is 0.481 e. The molecule has 0 spiro atoms. The predicted molar refractivity (Wildman–Crippen MR) is 81.2 cm³/mol. The van der Waals surface area contributed by atoms with Crippen LogP contribution in [0.5, 0.6) is 0 Å². The molecule has 5 nitrogen and oxygen atoms in total. The number of carbonyl (C=O) groups excluding carboxylic acids is 1. The van der Waals surface area contributed by atoms with Crippen LogP contribution in [0.25, 0.3) is 0 Å². The fraction of sp³-hybridized carbons (Fsp3) is 0.500. The Kier molecular flexibility index (Phi) is 5.75. The summed E-state index contributed by atoms with van der Waals surface area (Å²) in [6.45, 7) is 2.11. The van der Waals surface area contributed by atoms with E-state index in [2.05, 4.69) is 10.6 Å². The van der Waals surface area contributed by atoms with Crippen molar-refractivity contribution in [3.05, 3.63) is 29.8 Å². The van der Waals surface area contributed by atoms with E-state index in [1.165, 1.54) is 0 Å². The van der Waals surface area contributed by atoms with Gasteiger partial charge in [0.25, 0.3) is 0 Å². The Hall–Kier alpha value is -1.88. The van der Waals surface area contributed by atoms with Crippen molar-refractivity contribution in [1.82, 2.24) is 5.32 Å². The van der Waals surface area contributed by atoms with E-state index in [1.54, 1.807) is 24.3 Å². The van der Waals surface area contributed by atoms with Gasteiger partial charge in [0.2, 0.25) is 5.91 Å². The van der Waals surface area contributed by atoms with Crippen molar-refractivity contribution in [1.29, 1.82) is 0 Å². The van der Waals surface area contributed by atoms with Gasteiger partial charge >= 0.3 is 5.97 Å². The summed E-state index contributed by atoms with van der Waals surface area (Å²) in [5.74, 6) is -0.178. The molecule has 1 aromatic rings. The molecular weight excluding hydrogens is 268 g/mol. The van der Waals surface area contributed by atoms with Crippen LogP contribution in [0.1, 0.15) is 31.2 Å². The molecule has 1 aliphatic rings. The highest BCUT2D eigenvalue weighted by molar-refractivity contribution is 5.90. The molecule has 1 aromatic carbocycles. The highest BCUT2D eigenvalue weighted by atomic mass is 16.4. The summed E-state index contributed by atoms with van der Waals surface area (Å²) in [6, 6.07) is 6.97. The molecule has 0 saturated carbocycles. The Labute approximate surface area is 124 Å². The van der Waals surface area contributed by atoms with Gasteiger partial charge in [-0.2, -0.15) is 0 Å². The monoisotopic (exact) mass is 290 g/mol. The molecule has 2 rings (SSSR count). The molecular formula is C16H22N2O3. The number of nitrogens with one attached hydrogen (secondary N) is 2. The molecule has 1 saturated heterocycles. The van der Waals surface area contributed by atoms with Crippen LogP contribution in [0.2, 0.25) is 0 Å². The average molecular weight is 290 g/mol. The minimum absolute atomic E-state index is 0.00391. The lowest BCUT2D eigenvalue weighted by Crippen LogP contribution is -2.28. The smallest absolute Gasteiger partial charge is 0.307 e. The molecule has 1 amide bonds. The molecule has 1 heterocycles. The SMILES string of the molecule is O=C(O)Cc1ccc(NC(=O)CCC2CCNCC2)cc1. The molecule has 1 fully saturated rings. The Morgan fingerprint density at radius 3 is 2.48 bits per heavy atom. The summed E-state index contributed by atoms with van der Waals surface area (Å²) in [7, 11) is 0. The van der Waals surface area contributed by atoms with Crippen LogP contribution < -0.4 is 10.6 Å². The zero-order valence-corrected chi connectivity index (χ0v) is 12.1. The van der Waals surface area contributed by atoms with E-state index in [0.717, 1.165) is 43.6 Å². The number of carbonyl (C=O) groups is 2. The number of hydrogen-bond acceptors (Lipinski definition) is 3. The van der Waals surface area contributed by atoms with E-state index >= 15 is 0 Å². The van der Waals surface area contributed by atoms with E-state index in [9.17, 15) is 9.59 Å².